The molecule has 1 saturated heterocycles. The third kappa shape index (κ3) is 4.75. The number of hydrogen-bond donors (Lipinski definition) is 2. The van der Waals surface area contributed by atoms with Crippen LogP contribution in [-0.4, -0.2) is 48.3 Å². The minimum atomic E-state index is -4.27. The summed E-state index contributed by atoms with van der Waals surface area (Å²) in [6.45, 7) is 0.549. The molecule has 130 valence electrons. The Bertz CT molecular complexity index is 614. The van der Waals surface area contributed by atoms with E-state index in [1.807, 2.05) is 6.07 Å². The van der Waals surface area contributed by atoms with Crippen LogP contribution in [0.1, 0.15) is 18.4 Å². The monoisotopic (exact) mass is 341 g/mol. The van der Waals surface area contributed by atoms with Gasteiger partial charge in [-0.1, -0.05) is 0 Å². The highest BCUT2D eigenvalue weighted by molar-refractivity contribution is 5.74. The fourth-order valence-electron chi connectivity index (χ4n) is 2.53. The maximum atomic E-state index is 12.7. The molecule has 1 aliphatic heterocycles. The summed E-state index contributed by atoms with van der Waals surface area (Å²) < 4.78 is 38.2. The molecular weight excluding hydrogens is 323 g/mol. The van der Waals surface area contributed by atoms with Gasteiger partial charge in [0.1, 0.15) is 11.9 Å². The van der Waals surface area contributed by atoms with Crippen LogP contribution in [0.15, 0.2) is 18.3 Å². The van der Waals surface area contributed by atoms with Crippen LogP contribution in [-0.2, 0) is 0 Å². The summed E-state index contributed by atoms with van der Waals surface area (Å²) in [6, 6.07) is 4.73. The van der Waals surface area contributed by atoms with Crippen LogP contribution in [0.3, 0.4) is 0 Å². The largest absolute Gasteiger partial charge is 0.393 e. The number of hydrogen-bond acceptors (Lipinski definition) is 4. The molecule has 1 fully saturated rings. The third-order valence-corrected chi connectivity index (χ3v) is 3.79. The third-order valence-electron chi connectivity index (χ3n) is 3.79. The van der Waals surface area contributed by atoms with Gasteiger partial charge in [0.2, 0.25) is 0 Å². The summed E-state index contributed by atoms with van der Waals surface area (Å²) in [5.74, 6) is -1.05. The number of halogens is 3. The summed E-state index contributed by atoms with van der Waals surface area (Å²) >= 11 is 0. The van der Waals surface area contributed by atoms with Crippen molar-refractivity contribution in [3.05, 3.63) is 23.9 Å². The lowest BCUT2D eigenvalue weighted by atomic mass is 9.98. The molecule has 1 aromatic heterocycles. The Balaban J connectivity index is 1.76. The molecule has 2 amide bonds. The second kappa shape index (κ2) is 7.86. The first kappa shape index (κ1) is 17.8. The van der Waals surface area contributed by atoms with E-state index in [1.165, 1.54) is 11.1 Å². The maximum absolute atomic E-state index is 12.7. The molecule has 24 heavy (non-hydrogen) atoms. The molecule has 1 aliphatic rings. The van der Waals surface area contributed by atoms with E-state index < -0.39 is 18.1 Å². The van der Waals surface area contributed by atoms with Crippen molar-refractivity contribution in [1.29, 1.82) is 5.26 Å². The van der Waals surface area contributed by atoms with E-state index in [-0.39, 0.29) is 19.5 Å². The normalized spacial score (nSPS) is 17.9. The number of nitriles is 1. The van der Waals surface area contributed by atoms with Gasteiger partial charge in [0, 0.05) is 32.4 Å². The molecule has 1 aromatic rings. The SMILES string of the molecule is N#Cc1cccnc1NCCNC(=O)N1CCC[C@H](C(F)(F)F)C1. The van der Waals surface area contributed by atoms with Gasteiger partial charge in [0.05, 0.1) is 11.5 Å². The van der Waals surface area contributed by atoms with Gasteiger partial charge in [0.15, 0.2) is 0 Å². The Morgan fingerprint density at radius 2 is 2.25 bits per heavy atom. The molecule has 0 bridgehead atoms. The van der Waals surface area contributed by atoms with E-state index in [9.17, 15) is 18.0 Å². The Kier molecular flexibility index (Phi) is 5.84. The molecule has 0 radical (unpaired) electrons. The number of pyridine rings is 1. The quantitative estimate of drug-likeness (QED) is 0.824. The predicted octanol–water partition coefficient (Wildman–Crippen LogP) is 2.35. The van der Waals surface area contributed by atoms with E-state index in [2.05, 4.69) is 15.6 Å². The lowest BCUT2D eigenvalue weighted by Crippen LogP contribution is -2.49. The summed E-state index contributed by atoms with van der Waals surface area (Å²) in [6.07, 6.45) is -2.33. The number of amides is 2. The number of aromatic nitrogens is 1. The number of rotatable bonds is 4. The number of likely N-dealkylation sites (tertiary alicyclic amines) is 1. The number of anilines is 1. The number of nitrogens with zero attached hydrogens (tertiary/aromatic N) is 3. The Hall–Kier alpha value is -2.50. The fraction of sp³-hybridized carbons (Fsp3) is 0.533. The Morgan fingerprint density at radius 1 is 1.46 bits per heavy atom. The molecule has 0 saturated carbocycles. The van der Waals surface area contributed by atoms with Gasteiger partial charge in [-0.3, -0.25) is 0 Å². The maximum Gasteiger partial charge on any atom is 0.393 e. The first-order valence-corrected chi connectivity index (χ1v) is 7.60. The van der Waals surface area contributed by atoms with E-state index in [0.29, 0.717) is 30.9 Å². The number of urea groups is 1. The first-order chi connectivity index (χ1) is 11.4. The Labute approximate surface area is 137 Å². The molecule has 9 heteroatoms. The zero-order valence-electron chi connectivity index (χ0n) is 12.9. The van der Waals surface area contributed by atoms with Crippen molar-refractivity contribution < 1.29 is 18.0 Å². The van der Waals surface area contributed by atoms with Crippen molar-refractivity contribution in [2.75, 3.05) is 31.5 Å². The molecule has 6 nitrogen and oxygen atoms in total. The second-order valence-corrected chi connectivity index (χ2v) is 5.50. The minimum Gasteiger partial charge on any atom is -0.367 e. The van der Waals surface area contributed by atoms with Crippen LogP contribution < -0.4 is 10.6 Å². The van der Waals surface area contributed by atoms with Crippen molar-refractivity contribution in [2.24, 2.45) is 5.92 Å². The van der Waals surface area contributed by atoms with E-state index in [1.54, 1.807) is 12.1 Å². The average molecular weight is 341 g/mol. The summed E-state index contributed by atoms with van der Waals surface area (Å²) in [5, 5.41) is 14.4. The van der Waals surface area contributed by atoms with Crippen molar-refractivity contribution in [2.45, 2.75) is 19.0 Å². The summed E-state index contributed by atoms with van der Waals surface area (Å²) in [5.41, 5.74) is 0.382. The zero-order valence-corrected chi connectivity index (χ0v) is 12.9. The topological polar surface area (TPSA) is 81.0 Å². The van der Waals surface area contributed by atoms with Crippen LogP contribution in [0, 0.1) is 17.2 Å². The highest BCUT2D eigenvalue weighted by atomic mass is 19.4. The zero-order chi connectivity index (χ0) is 17.6. The van der Waals surface area contributed by atoms with Gasteiger partial charge >= 0.3 is 12.2 Å². The number of piperidine rings is 1. The molecule has 0 aliphatic carbocycles. The molecular formula is C15H18F3N5O. The van der Waals surface area contributed by atoms with Gasteiger partial charge < -0.3 is 15.5 Å². The van der Waals surface area contributed by atoms with Gasteiger partial charge in [0.25, 0.3) is 0 Å². The summed E-state index contributed by atoms with van der Waals surface area (Å²) in [7, 11) is 0. The molecule has 2 N–H and O–H groups in total. The fourth-order valence-corrected chi connectivity index (χ4v) is 2.53. The molecule has 0 spiro atoms. The van der Waals surface area contributed by atoms with Gasteiger partial charge in [-0.2, -0.15) is 18.4 Å². The molecule has 0 unspecified atom stereocenters. The van der Waals surface area contributed by atoms with E-state index >= 15 is 0 Å². The number of carbonyl (C=O) groups excluding carboxylic acids is 1. The number of carbonyl (C=O) groups is 1. The smallest absolute Gasteiger partial charge is 0.367 e. The van der Waals surface area contributed by atoms with Crippen LogP contribution in [0.5, 0.6) is 0 Å². The van der Waals surface area contributed by atoms with Gasteiger partial charge in [-0.25, -0.2) is 9.78 Å². The van der Waals surface area contributed by atoms with Crippen LogP contribution in [0.4, 0.5) is 23.8 Å². The average Bonchev–Trinajstić information content (AvgIpc) is 2.58. The Morgan fingerprint density at radius 3 is 2.96 bits per heavy atom. The molecule has 2 heterocycles. The lowest BCUT2D eigenvalue weighted by Gasteiger charge is -2.33. The predicted molar refractivity (Wildman–Crippen MR) is 81.2 cm³/mol. The standard InChI is InChI=1S/C15H18F3N5O/c16-15(17,18)12-4-2-8-23(10-12)14(24)22-7-6-21-13-11(9-19)3-1-5-20-13/h1,3,5,12H,2,4,6-8,10H2,(H,20,21)(H,22,24)/t12-/m0/s1. The van der Waals surface area contributed by atoms with Crippen molar-refractivity contribution >= 4 is 11.8 Å². The van der Waals surface area contributed by atoms with Gasteiger partial charge in [-0.15, -0.1) is 0 Å². The molecule has 1 atom stereocenters. The van der Waals surface area contributed by atoms with Gasteiger partial charge in [-0.05, 0) is 25.0 Å². The molecule has 0 aromatic carbocycles. The number of nitrogens with one attached hydrogen (secondary N) is 2. The minimum absolute atomic E-state index is 0.0610. The highest BCUT2D eigenvalue weighted by Gasteiger charge is 2.42. The summed E-state index contributed by atoms with van der Waals surface area (Å²) in [4.78, 5) is 17.2. The second-order valence-electron chi connectivity index (χ2n) is 5.50. The van der Waals surface area contributed by atoms with Crippen molar-refractivity contribution in [3.8, 4) is 6.07 Å². The number of alkyl halides is 3. The van der Waals surface area contributed by atoms with Crippen molar-refractivity contribution in [1.82, 2.24) is 15.2 Å². The van der Waals surface area contributed by atoms with Crippen LogP contribution >= 0.6 is 0 Å². The van der Waals surface area contributed by atoms with E-state index in [0.717, 1.165) is 0 Å². The van der Waals surface area contributed by atoms with Crippen LogP contribution in [0.25, 0.3) is 0 Å². The van der Waals surface area contributed by atoms with Crippen molar-refractivity contribution in [3.63, 3.8) is 0 Å². The van der Waals surface area contributed by atoms with E-state index in [4.69, 9.17) is 5.26 Å². The highest BCUT2D eigenvalue weighted by Crippen LogP contribution is 2.32. The van der Waals surface area contributed by atoms with Crippen LogP contribution in [0.2, 0.25) is 0 Å². The lowest BCUT2D eigenvalue weighted by molar-refractivity contribution is -0.183. The molecule has 2 rings (SSSR count). The first-order valence-electron chi connectivity index (χ1n) is 7.60.